The van der Waals surface area contributed by atoms with E-state index in [2.05, 4.69) is 10.2 Å². The number of rotatable bonds is 4. The maximum Gasteiger partial charge on any atom is 0.327 e. The van der Waals surface area contributed by atoms with Crippen molar-refractivity contribution in [3.63, 3.8) is 0 Å². The van der Waals surface area contributed by atoms with Gasteiger partial charge in [-0.05, 0) is 29.5 Å². The molecule has 108 valence electrons. The summed E-state index contributed by atoms with van der Waals surface area (Å²) in [6.45, 7) is 5.71. The van der Waals surface area contributed by atoms with E-state index in [0.29, 0.717) is 15.0 Å². The molecule has 0 aliphatic rings. The van der Waals surface area contributed by atoms with Gasteiger partial charge in [-0.25, -0.2) is 9.20 Å². The number of halogens is 1. The minimum atomic E-state index is -0.477. The molecule has 8 heteroatoms. The third kappa shape index (κ3) is 2.84. The van der Waals surface area contributed by atoms with Gasteiger partial charge in [0.2, 0.25) is 0 Å². The van der Waals surface area contributed by atoms with Gasteiger partial charge in [-0.3, -0.25) is 9.59 Å². The minimum absolute atomic E-state index is 0.0715. The first-order valence-electron chi connectivity index (χ1n) is 6.26. The molecule has 20 heavy (non-hydrogen) atoms. The van der Waals surface area contributed by atoms with E-state index in [9.17, 15) is 9.59 Å². The van der Waals surface area contributed by atoms with E-state index in [1.54, 1.807) is 13.0 Å². The summed E-state index contributed by atoms with van der Waals surface area (Å²) >= 11 is 2.04. The molecule has 0 saturated carbocycles. The van der Waals surface area contributed by atoms with Gasteiger partial charge >= 0.3 is 5.97 Å². The van der Waals surface area contributed by atoms with Crippen molar-refractivity contribution in [1.29, 1.82) is 0 Å². The van der Waals surface area contributed by atoms with Gasteiger partial charge in [-0.2, -0.15) is 10.2 Å². The van der Waals surface area contributed by atoms with Gasteiger partial charge < -0.3 is 4.74 Å². The highest BCUT2D eigenvalue weighted by molar-refractivity contribution is 14.1. The second kappa shape index (κ2) is 5.90. The van der Waals surface area contributed by atoms with Crippen LogP contribution in [0.5, 0.6) is 0 Å². The summed E-state index contributed by atoms with van der Waals surface area (Å²) in [7, 11) is 0. The Bertz CT molecular complexity index is 705. The molecule has 2 aromatic heterocycles. The fraction of sp³-hybridized carbons (Fsp3) is 0.500. The van der Waals surface area contributed by atoms with Crippen molar-refractivity contribution in [2.75, 3.05) is 6.61 Å². The third-order valence-corrected chi connectivity index (χ3v) is 3.20. The van der Waals surface area contributed by atoms with Crippen molar-refractivity contribution in [2.45, 2.75) is 33.2 Å². The largest absolute Gasteiger partial charge is 0.465 e. The number of carbonyl (C=O) groups is 1. The Kier molecular flexibility index (Phi) is 4.41. The molecule has 2 heterocycles. The lowest BCUT2D eigenvalue weighted by Gasteiger charge is -2.11. The zero-order chi connectivity index (χ0) is 14.9. The van der Waals surface area contributed by atoms with Crippen molar-refractivity contribution < 1.29 is 9.53 Å². The summed E-state index contributed by atoms with van der Waals surface area (Å²) in [6, 6.07) is 1.68. The van der Waals surface area contributed by atoms with Crippen LogP contribution in [-0.4, -0.2) is 32.0 Å². The molecule has 0 radical (unpaired) electrons. The first-order valence-corrected chi connectivity index (χ1v) is 7.33. The number of aromatic nitrogens is 4. The van der Waals surface area contributed by atoms with E-state index in [4.69, 9.17) is 4.74 Å². The number of esters is 1. The van der Waals surface area contributed by atoms with E-state index in [0.717, 1.165) is 4.68 Å². The Hall–Kier alpha value is -1.45. The highest BCUT2D eigenvalue weighted by Crippen LogP contribution is 2.13. The lowest BCUT2D eigenvalue weighted by Crippen LogP contribution is -2.31. The Labute approximate surface area is 129 Å². The van der Waals surface area contributed by atoms with Gasteiger partial charge in [0.1, 0.15) is 15.8 Å². The van der Waals surface area contributed by atoms with Gasteiger partial charge in [-0.15, -0.1) is 0 Å². The normalized spacial score (nSPS) is 11.2. The van der Waals surface area contributed by atoms with Crippen molar-refractivity contribution >= 4 is 34.1 Å². The summed E-state index contributed by atoms with van der Waals surface area (Å²) in [5, 5.41) is 8.50. The van der Waals surface area contributed by atoms with Crippen LogP contribution < -0.4 is 5.56 Å². The average molecular weight is 390 g/mol. The van der Waals surface area contributed by atoms with Crippen LogP contribution in [0.2, 0.25) is 0 Å². The fourth-order valence-electron chi connectivity index (χ4n) is 1.82. The SMILES string of the molecule is CCOC(=O)Cn1nc(C(C)C)n2nc(I)cc2c1=O. The maximum atomic E-state index is 12.3. The Morgan fingerprint density at radius 1 is 1.45 bits per heavy atom. The van der Waals surface area contributed by atoms with Crippen molar-refractivity contribution in [2.24, 2.45) is 0 Å². The molecule has 0 N–H and O–H groups in total. The maximum absolute atomic E-state index is 12.3. The first-order chi connectivity index (χ1) is 9.43. The van der Waals surface area contributed by atoms with Crippen LogP contribution in [0, 0.1) is 3.70 Å². The van der Waals surface area contributed by atoms with Crippen LogP contribution in [0.1, 0.15) is 32.5 Å². The molecule has 2 aromatic rings. The predicted octanol–water partition coefficient (Wildman–Crippen LogP) is 1.18. The van der Waals surface area contributed by atoms with Crippen molar-refractivity contribution in [3.8, 4) is 0 Å². The van der Waals surface area contributed by atoms with E-state index < -0.39 is 5.97 Å². The van der Waals surface area contributed by atoms with Crippen LogP contribution in [0.3, 0.4) is 0 Å². The predicted molar refractivity (Wildman–Crippen MR) is 80.7 cm³/mol. The second-order valence-electron chi connectivity index (χ2n) is 4.54. The quantitative estimate of drug-likeness (QED) is 0.579. The second-order valence-corrected chi connectivity index (χ2v) is 5.65. The van der Waals surface area contributed by atoms with Crippen LogP contribution in [0.15, 0.2) is 10.9 Å². The first kappa shape index (κ1) is 14.9. The molecule has 0 saturated heterocycles. The molecule has 0 unspecified atom stereocenters. The number of hydrogen-bond acceptors (Lipinski definition) is 5. The van der Waals surface area contributed by atoms with Crippen LogP contribution in [0.4, 0.5) is 0 Å². The van der Waals surface area contributed by atoms with E-state index in [-0.39, 0.29) is 24.6 Å². The number of carbonyl (C=O) groups excluding carboxylic acids is 1. The number of ether oxygens (including phenoxy) is 1. The Morgan fingerprint density at radius 2 is 2.15 bits per heavy atom. The van der Waals surface area contributed by atoms with Crippen LogP contribution >= 0.6 is 22.6 Å². The van der Waals surface area contributed by atoms with E-state index in [1.807, 2.05) is 36.4 Å². The van der Waals surface area contributed by atoms with Crippen LogP contribution in [-0.2, 0) is 16.1 Å². The molecular formula is C12H15IN4O3. The van der Waals surface area contributed by atoms with E-state index >= 15 is 0 Å². The van der Waals surface area contributed by atoms with Crippen molar-refractivity contribution in [1.82, 2.24) is 19.4 Å². The molecule has 2 rings (SSSR count). The number of fused-ring (bicyclic) bond motifs is 1. The van der Waals surface area contributed by atoms with Crippen molar-refractivity contribution in [3.05, 3.63) is 25.9 Å². The average Bonchev–Trinajstić information content (AvgIpc) is 2.74. The molecule has 0 fully saturated rings. The van der Waals surface area contributed by atoms with Crippen LogP contribution in [0.25, 0.3) is 5.52 Å². The number of hydrogen-bond donors (Lipinski definition) is 0. The molecule has 7 nitrogen and oxygen atoms in total. The van der Waals surface area contributed by atoms with E-state index in [1.165, 1.54) is 4.52 Å². The standard InChI is InChI=1S/C12H15IN4O3/c1-4-20-10(18)6-16-12(19)8-5-9(13)14-17(8)11(15-16)7(2)3/h5,7H,4,6H2,1-3H3. The Morgan fingerprint density at radius 3 is 2.75 bits per heavy atom. The molecular weight excluding hydrogens is 375 g/mol. The molecule has 0 spiro atoms. The third-order valence-electron chi connectivity index (χ3n) is 2.67. The smallest absolute Gasteiger partial charge is 0.327 e. The topological polar surface area (TPSA) is 78.5 Å². The summed E-state index contributed by atoms with van der Waals surface area (Å²) < 4.78 is 8.24. The zero-order valence-corrected chi connectivity index (χ0v) is 13.6. The molecule has 0 bridgehead atoms. The lowest BCUT2D eigenvalue weighted by atomic mass is 10.2. The summed E-state index contributed by atoms with van der Waals surface area (Å²) in [5.41, 5.74) is 0.0651. The highest BCUT2D eigenvalue weighted by atomic mass is 127. The lowest BCUT2D eigenvalue weighted by molar-refractivity contribution is -0.144. The monoisotopic (exact) mass is 390 g/mol. The van der Waals surface area contributed by atoms with Gasteiger partial charge in [-0.1, -0.05) is 13.8 Å². The summed E-state index contributed by atoms with van der Waals surface area (Å²) in [6.07, 6.45) is 0. The van der Waals surface area contributed by atoms with Gasteiger partial charge in [0.05, 0.1) is 6.61 Å². The summed E-state index contributed by atoms with van der Waals surface area (Å²) in [4.78, 5) is 23.8. The molecule has 0 aliphatic carbocycles. The summed E-state index contributed by atoms with van der Waals surface area (Å²) in [5.74, 6) is 0.226. The molecule has 0 aromatic carbocycles. The molecule has 0 aliphatic heterocycles. The minimum Gasteiger partial charge on any atom is -0.465 e. The van der Waals surface area contributed by atoms with Gasteiger partial charge in [0.25, 0.3) is 5.56 Å². The van der Waals surface area contributed by atoms with Gasteiger partial charge in [0, 0.05) is 12.0 Å². The highest BCUT2D eigenvalue weighted by Gasteiger charge is 2.17. The zero-order valence-electron chi connectivity index (χ0n) is 11.5. The Balaban J connectivity index is 2.58. The number of nitrogens with zero attached hydrogens (tertiary/aromatic N) is 4. The fourth-order valence-corrected chi connectivity index (χ4v) is 2.33. The van der Waals surface area contributed by atoms with Gasteiger partial charge in [0.15, 0.2) is 5.82 Å². The molecule has 0 atom stereocenters. The molecule has 0 amide bonds.